The van der Waals surface area contributed by atoms with E-state index < -0.39 is 78.2 Å². The summed E-state index contributed by atoms with van der Waals surface area (Å²) in [6.45, 7) is 7.92. The molecule has 4 rings (SSSR count). The van der Waals surface area contributed by atoms with Crippen molar-refractivity contribution in [3.63, 3.8) is 0 Å². The predicted octanol–water partition coefficient (Wildman–Crippen LogP) is 1.68. The number of aromatic hydroxyl groups is 1. The van der Waals surface area contributed by atoms with Gasteiger partial charge in [0.05, 0.1) is 6.42 Å². The molecule has 2 saturated heterocycles. The fourth-order valence-electron chi connectivity index (χ4n) is 4.60. The fourth-order valence-corrected chi connectivity index (χ4v) is 4.60. The highest BCUT2D eigenvalue weighted by atomic mass is 16.8. The molecule has 3 heterocycles. The van der Waals surface area contributed by atoms with Gasteiger partial charge in [0.15, 0.2) is 17.7 Å². The average molecular weight is 605 g/mol. The van der Waals surface area contributed by atoms with Gasteiger partial charge in [0.25, 0.3) is 5.91 Å². The van der Waals surface area contributed by atoms with Gasteiger partial charge in [-0.1, -0.05) is 30.3 Å². The molecular weight excluding hydrogens is 568 g/mol. The Hall–Kier alpha value is -4.21. The van der Waals surface area contributed by atoms with Gasteiger partial charge in [-0.3, -0.25) is 14.2 Å². The number of nitrogens with one attached hydrogen (secondary N) is 1. The molecule has 2 aromatic rings. The number of alkyl carbamates (subject to hydrolysis) is 1. The highest BCUT2D eigenvalue weighted by Crippen LogP contribution is 2.44. The van der Waals surface area contributed by atoms with Crippen LogP contribution in [0.4, 0.5) is 4.79 Å². The number of primary amides is 1. The molecule has 2 amide bonds. The van der Waals surface area contributed by atoms with Gasteiger partial charge < -0.3 is 44.6 Å². The standard InChI is InChI=1S/C28H36N4O11/c1-27(2,3)43-26(37)31-16(25(36)39-12-15-9-7-6-8-10-15)11-18(33)38-13-17-20-21(42-28(4,5)41-20)24(40-17)32-14-30-19(22(29)34)23(32)35/h6-10,14,16-17,20-21,24,35H,11-13H2,1-5H3,(H2,29,34)(H,31,37)/t16-,17?,20?,21?,24?/m0/s1. The second-order valence-corrected chi connectivity index (χ2v) is 11.5. The lowest BCUT2D eigenvalue weighted by molar-refractivity contribution is -0.203. The molecule has 2 aliphatic rings. The Morgan fingerprint density at radius 3 is 2.42 bits per heavy atom. The summed E-state index contributed by atoms with van der Waals surface area (Å²) in [6.07, 6.45) is -3.68. The third-order valence-electron chi connectivity index (χ3n) is 6.38. The molecule has 0 spiro atoms. The van der Waals surface area contributed by atoms with Gasteiger partial charge in [0.2, 0.25) is 5.88 Å². The second-order valence-electron chi connectivity index (χ2n) is 11.5. The summed E-state index contributed by atoms with van der Waals surface area (Å²) in [4.78, 5) is 53.6. The minimum Gasteiger partial charge on any atom is -0.493 e. The van der Waals surface area contributed by atoms with Crippen LogP contribution in [0.2, 0.25) is 0 Å². The average Bonchev–Trinajstić information content (AvgIpc) is 3.55. The molecule has 234 valence electrons. The van der Waals surface area contributed by atoms with Crippen LogP contribution in [0.3, 0.4) is 0 Å². The van der Waals surface area contributed by atoms with Gasteiger partial charge in [-0.15, -0.1) is 0 Å². The molecule has 0 bridgehead atoms. The fraction of sp³-hybridized carbons (Fsp3) is 0.536. The van der Waals surface area contributed by atoms with E-state index in [-0.39, 0.29) is 18.9 Å². The minimum atomic E-state index is -1.41. The Morgan fingerprint density at radius 1 is 1.12 bits per heavy atom. The van der Waals surface area contributed by atoms with Crippen molar-refractivity contribution in [3.8, 4) is 5.88 Å². The SMILES string of the molecule is CC(C)(C)OC(=O)N[C@@H](CC(=O)OCC1OC(n2cnc(C(N)=O)c2O)C2OC(C)(C)OC12)C(=O)OCc1ccccc1. The van der Waals surface area contributed by atoms with Gasteiger partial charge in [-0.05, 0) is 40.2 Å². The molecule has 2 fully saturated rings. The number of fused-ring (bicyclic) bond motifs is 1. The number of hydrogen-bond acceptors (Lipinski definition) is 12. The largest absolute Gasteiger partial charge is 0.493 e. The molecular formula is C28H36N4O11. The van der Waals surface area contributed by atoms with Crippen molar-refractivity contribution in [2.24, 2.45) is 5.73 Å². The van der Waals surface area contributed by atoms with Crippen LogP contribution in [0.25, 0.3) is 0 Å². The van der Waals surface area contributed by atoms with E-state index in [4.69, 9.17) is 34.2 Å². The van der Waals surface area contributed by atoms with E-state index >= 15 is 0 Å². The molecule has 5 atom stereocenters. The van der Waals surface area contributed by atoms with Crippen LogP contribution in [0.1, 0.15) is 63.3 Å². The summed E-state index contributed by atoms with van der Waals surface area (Å²) in [6, 6.07) is 7.48. The maximum atomic E-state index is 12.9. The first-order valence-electron chi connectivity index (χ1n) is 13.6. The van der Waals surface area contributed by atoms with E-state index in [0.29, 0.717) is 5.56 Å². The zero-order valence-electron chi connectivity index (χ0n) is 24.5. The smallest absolute Gasteiger partial charge is 0.408 e. The highest BCUT2D eigenvalue weighted by molar-refractivity contribution is 5.93. The zero-order valence-corrected chi connectivity index (χ0v) is 24.5. The minimum absolute atomic E-state index is 0.0761. The number of nitrogens with zero attached hydrogens (tertiary/aromatic N) is 2. The highest BCUT2D eigenvalue weighted by Gasteiger charge is 2.56. The quantitative estimate of drug-likeness (QED) is 0.262. The third kappa shape index (κ3) is 8.00. The molecule has 1 aromatic heterocycles. The van der Waals surface area contributed by atoms with Crippen molar-refractivity contribution >= 4 is 23.9 Å². The Kier molecular flexibility index (Phi) is 9.27. The van der Waals surface area contributed by atoms with Crippen molar-refractivity contribution in [3.05, 3.63) is 47.9 Å². The molecule has 4 N–H and O–H groups in total. The molecule has 0 saturated carbocycles. The number of rotatable bonds is 10. The number of amides is 2. The number of nitrogens with two attached hydrogens (primary N) is 1. The molecule has 4 unspecified atom stereocenters. The van der Waals surface area contributed by atoms with E-state index in [0.717, 1.165) is 0 Å². The molecule has 15 nitrogen and oxygen atoms in total. The maximum Gasteiger partial charge on any atom is 0.408 e. The van der Waals surface area contributed by atoms with E-state index in [1.54, 1.807) is 58.9 Å². The second kappa shape index (κ2) is 12.6. The van der Waals surface area contributed by atoms with Gasteiger partial charge in [0, 0.05) is 0 Å². The summed E-state index contributed by atoms with van der Waals surface area (Å²) < 4.78 is 35.1. The molecule has 43 heavy (non-hydrogen) atoms. The normalized spacial score (nSPS) is 23.2. The number of carbonyl (C=O) groups is 4. The van der Waals surface area contributed by atoms with E-state index in [2.05, 4.69) is 10.3 Å². The van der Waals surface area contributed by atoms with Crippen LogP contribution in [0, 0.1) is 0 Å². The van der Waals surface area contributed by atoms with Gasteiger partial charge in [-0.25, -0.2) is 14.6 Å². The summed E-state index contributed by atoms with van der Waals surface area (Å²) in [7, 11) is 0. The van der Waals surface area contributed by atoms with Crippen LogP contribution in [-0.4, -0.2) is 80.9 Å². The lowest BCUT2D eigenvalue weighted by atomic mass is 10.1. The summed E-state index contributed by atoms with van der Waals surface area (Å²) in [5.74, 6) is -4.20. The van der Waals surface area contributed by atoms with Gasteiger partial charge in [-0.2, -0.15) is 0 Å². The van der Waals surface area contributed by atoms with Crippen LogP contribution >= 0.6 is 0 Å². The topological polar surface area (TPSA) is 200 Å². The zero-order chi connectivity index (χ0) is 31.5. The first-order valence-corrected chi connectivity index (χ1v) is 13.6. The summed E-state index contributed by atoms with van der Waals surface area (Å²) in [5, 5.41) is 12.8. The Bertz CT molecular complexity index is 1340. The number of benzene rings is 1. The van der Waals surface area contributed by atoms with Crippen molar-refractivity contribution in [2.45, 2.75) is 89.6 Å². The van der Waals surface area contributed by atoms with E-state index in [1.165, 1.54) is 10.9 Å². The monoisotopic (exact) mass is 604 g/mol. The lowest BCUT2D eigenvalue weighted by Crippen LogP contribution is -2.45. The Morgan fingerprint density at radius 2 is 1.79 bits per heavy atom. The molecule has 2 aliphatic heterocycles. The van der Waals surface area contributed by atoms with Crippen molar-refractivity contribution in [2.75, 3.05) is 6.61 Å². The number of imidazole rings is 1. The third-order valence-corrected chi connectivity index (χ3v) is 6.38. The number of carbonyl (C=O) groups excluding carboxylic acids is 4. The van der Waals surface area contributed by atoms with Crippen LogP contribution in [0.5, 0.6) is 5.88 Å². The summed E-state index contributed by atoms with van der Waals surface area (Å²) >= 11 is 0. The van der Waals surface area contributed by atoms with E-state index in [1.807, 2.05) is 6.07 Å². The van der Waals surface area contributed by atoms with Crippen molar-refractivity contribution < 1.29 is 52.7 Å². The number of ether oxygens (including phenoxy) is 6. The number of hydrogen-bond donors (Lipinski definition) is 3. The van der Waals surface area contributed by atoms with Crippen molar-refractivity contribution in [1.29, 1.82) is 0 Å². The first kappa shape index (κ1) is 31.7. The van der Waals surface area contributed by atoms with Gasteiger partial charge >= 0.3 is 18.0 Å². The van der Waals surface area contributed by atoms with Crippen LogP contribution < -0.4 is 11.1 Å². The lowest BCUT2D eigenvalue weighted by Gasteiger charge is -2.25. The summed E-state index contributed by atoms with van der Waals surface area (Å²) in [5.41, 5.74) is 4.77. The number of esters is 2. The Balaban J connectivity index is 1.42. The first-order chi connectivity index (χ1) is 20.1. The van der Waals surface area contributed by atoms with E-state index in [9.17, 15) is 24.3 Å². The Labute approximate surface area is 247 Å². The van der Waals surface area contributed by atoms with Crippen LogP contribution in [0.15, 0.2) is 36.7 Å². The molecule has 1 aromatic carbocycles. The molecule has 0 aliphatic carbocycles. The molecule has 0 radical (unpaired) electrons. The van der Waals surface area contributed by atoms with Crippen molar-refractivity contribution in [1.82, 2.24) is 14.9 Å². The van der Waals surface area contributed by atoms with Crippen LogP contribution in [-0.2, 0) is 44.6 Å². The predicted molar refractivity (Wildman–Crippen MR) is 145 cm³/mol. The van der Waals surface area contributed by atoms with Gasteiger partial charge in [0.1, 0.15) is 49.5 Å². The number of aromatic nitrogens is 2. The molecule has 15 heteroatoms. The maximum absolute atomic E-state index is 12.9.